The number of carbonyl (C=O) groups excluding carboxylic acids is 1. The molecule has 1 N–H and O–H groups in total. The Labute approximate surface area is 127 Å². The second kappa shape index (κ2) is 6.25. The number of nitro groups is 1. The van der Waals surface area contributed by atoms with Crippen molar-refractivity contribution in [3.8, 4) is 0 Å². The Balaban J connectivity index is 2.08. The quantitative estimate of drug-likeness (QED) is 0.692. The van der Waals surface area contributed by atoms with Gasteiger partial charge in [-0.2, -0.15) is 5.10 Å². The van der Waals surface area contributed by atoms with Crippen LogP contribution in [-0.4, -0.2) is 32.7 Å². The molecule has 0 radical (unpaired) electrons. The maximum atomic E-state index is 12.2. The van der Waals surface area contributed by atoms with Crippen molar-refractivity contribution in [3.63, 3.8) is 0 Å². The van der Waals surface area contributed by atoms with Crippen LogP contribution in [0.3, 0.4) is 0 Å². The molecule has 0 atom stereocenters. The van der Waals surface area contributed by atoms with Gasteiger partial charge in [-0.1, -0.05) is 6.07 Å². The summed E-state index contributed by atoms with van der Waals surface area (Å²) in [5.41, 5.74) is 1.73. The molecule has 2 amide bonds. The number of nitro benzene ring substituents is 1. The molecule has 0 unspecified atom stereocenters. The number of benzene rings is 1. The van der Waals surface area contributed by atoms with Crippen molar-refractivity contribution in [1.82, 2.24) is 14.7 Å². The van der Waals surface area contributed by atoms with Crippen LogP contribution in [0, 0.1) is 17.0 Å². The van der Waals surface area contributed by atoms with Crippen LogP contribution in [0.1, 0.15) is 11.1 Å². The monoisotopic (exact) mass is 303 g/mol. The second-order valence-corrected chi connectivity index (χ2v) is 5.02. The van der Waals surface area contributed by atoms with Gasteiger partial charge in [0, 0.05) is 31.9 Å². The molecule has 1 aromatic carbocycles. The van der Waals surface area contributed by atoms with Crippen LogP contribution in [-0.2, 0) is 13.6 Å². The highest BCUT2D eigenvalue weighted by molar-refractivity contribution is 5.90. The topological polar surface area (TPSA) is 93.3 Å². The molecule has 0 spiro atoms. The Bertz CT molecular complexity index is 710. The highest BCUT2D eigenvalue weighted by Crippen LogP contribution is 2.25. The molecule has 0 saturated heterocycles. The average molecular weight is 303 g/mol. The molecule has 0 aliphatic heterocycles. The first-order valence-electron chi connectivity index (χ1n) is 6.62. The zero-order valence-electron chi connectivity index (χ0n) is 12.6. The first-order valence-corrected chi connectivity index (χ1v) is 6.62. The lowest BCUT2D eigenvalue weighted by Gasteiger charge is -2.18. The molecule has 2 aromatic rings. The molecule has 0 saturated carbocycles. The Kier molecular flexibility index (Phi) is 4.40. The van der Waals surface area contributed by atoms with Gasteiger partial charge in [0.15, 0.2) is 0 Å². The van der Waals surface area contributed by atoms with Gasteiger partial charge in [0.2, 0.25) is 0 Å². The van der Waals surface area contributed by atoms with Gasteiger partial charge in [-0.05, 0) is 13.0 Å². The van der Waals surface area contributed by atoms with E-state index in [1.165, 1.54) is 11.0 Å². The van der Waals surface area contributed by atoms with Crippen molar-refractivity contribution in [1.29, 1.82) is 0 Å². The minimum atomic E-state index is -0.468. The number of aromatic nitrogens is 2. The van der Waals surface area contributed by atoms with Crippen molar-refractivity contribution >= 4 is 17.4 Å². The number of amides is 2. The van der Waals surface area contributed by atoms with Crippen molar-refractivity contribution in [2.24, 2.45) is 7.05 Å². The van der Waals surface area contributed by atoms with Gasteiger partial charge in [0.05, 0.1) is 28.9 Å². The Morgan fingerprint density at radius 2 is 2.23 bits per heavy atom. The number of hydrogen-bond acceptors (Lipinski definition) is 4. The molecular formula is C14H17N5O3. The number of aryl methyl sites for hydroxylation is 1. The van der Waals surface area contributed by atoms with E-state index in [-0.39, 0.29) is 11.7 Å². The number of nitrogens with zero attached hydrogens (tertiary/aromatic N) is 4. The van der Waals surface area contributed by atoms with E-state index in [0.29, 0.717) is 17.8 Å². The smallest absolute Gasteiger partial charge is 0.321 e. The standard InChI is InChI=1S/C14H17N5O3/c1-10-12(5-4-6-13(10)19(21)22)16-14(20)17(2)8-11-7-15-18(3)9-11/h4-7,9H,8H2,1-3H3,(H,16,20). The lowest BCUT2D eigenvalue weighted by atomic mass is 10.1. The number of hydrogen-bond donors (Lipinski definition) is 1. The van der Waals surface area contributed by atoms with Crippen LogP contribution in [0.4, 0.5) is 16.2 Å². The number of anilines is 1. The van der Waals surface area contributed by atoms with Gasteiger partial charge in [0.1, 0.15) is 0 Å². The van der Waals surface area contributed by atoms with E-state index in [1.54, 1.807) is 44.0 Å². The van der Waals surface area contributed by atoms with Crippen molar-refractivity contribution < 1.29 is 9.72 Å². The summed E-state index contributed by atoms with van der Waals surface area (Å²) in [5.74, 6) is 0. The van der Waals surface area contributed by atoms with Crippen molar-refractivity contribution in [3.05, 3.63) is 51.8 Å². The maximum absolute atomic E-state index is 12.2. The SMILES string of the molecule is Cc1c(NC(=O)N(C)Cc2cnn(C)c2)cccc1[N+](=O)[O-]. The molecule has 8 heteroatoms. The molecule has 0 bridgehead atoms. The number of carbonyl (C=O) groups is 1. The first-order chi connectivity index (χ1) is 10.4. The second-order valence-electron chi connectivity index (χ2n) is 5.02. The highest BCUT2D eigenvalue weighted by Gasteiger charge is 2.16. The summed E-state index contributed by atoms with van der Waals surface area (Å²) in [6.45, 7) is 2.00. The fourth-order valence-corrected chi connectivity index (χ4v) is 2.07. The maximum Gasteiger partial charge on any atom is 0.321 e. The van der Waals surface area contributed by atoms with E-state index in [1.807, 2.05) is 6.20 Å². The Hall–Kier alpha value is -2.90. The summed E-state index contributed by atoms with van der Waals surface area (Å²) in [7, 11) is 3.45. The summed E-state index contributed by atoms with van der Waals surface area (Å²) in [6, 6.07) is 4.25. The van der Waals surface area contributed by atoms with Crippen LogP contribution in [0.15, 0.2) is 30.6 Å². The molecule has 1 heterocycles. The summed E-state index contributed by atoms with van der Waals surface area (Å²) in [4.78, 5) is 24.1. The van der Waals surface area contributed by atoms with Crippen LogP contribution < -0.4 is 5.32 Å². The van der Waals surface area contributed by atoms with E-state index in [2.05, 4.69) is 10.4 Å². The predicted octanol–water partition coefficient (Wildman–Crippen LogP) is 2.30. The van der Waals surface area contributed by atoms with Gasteiger partial charge in [0.25, 0.3) is 5.69 Å². The molecule has 0 aliphatic rings. The predicted molar refractivity (Wildman–Crippen MR) is 81.5 cm³/mol. The molecule has 0 fully saturated rings. The van der Waals surface area contributed by atoms with Crippen LogP contribution in [0.25, 0.3) is 0 Å². The zero-order chi connectivity index (χ0) is 16.3. The molecule has 0 aliphatic carbocycles. The third-order valence-corrected chi connectivity index (χ3v) is 3.27. The molecule has 116 valence electrons. The summed E-state index contributed by atoms with van der Waals surface area (Å²) in [6.07, 6.45) is 3.50. The third-order valence-electron chi connectivity index (χ3n) is 3.27. The fraction of sp³-hybridized carbons (Fsp3) is 0.286. The minimum Gasteiger partial charge on any atom is -0.323 e. The highest BCUT2D eigenvalue weighted by atomic mass is 16.6. The first kappa shape index (κ1) is 15.5. The molecular weight excluding hydrogens is 286 g/mol. The van der Waals surface area contributed by atoms with E-state index in [4.69, 9.17) is 0 Å². The Morgan fingerprint density at radius 3 is 2.82 bits per heavy atom. The molecule has 2 rings (SSSR count). The molecule has 1 aromatic heterocycles. The summed E-state index contributed by atoms with van der Waals surface area (Å²) < 4.78 is 1.66. The van der Waals surface area contributed by atoms with E-state index in [0.717, 1.165) is 5.56 Å². The number of rotatable bonds is 4. The lowest BCUT2D eigenvalue weighted by molar-refractivity contribution is -0.385. The molecule has 8 nitrogen and oxygen atoms in total. The summed E-state index contributed by atoms with van der Waals surface area (Å²) in [5, 5.41) is 17.6. The average Bonchev–Trinajstić information content (AvgIpc) is 2.86. The number of urea groups is 1. The van der Waals surface area contributed by atoms with Crippen LogP contribution in [0.2, 0.25) is 0 Å². The van der Waals surface area contributed by atoms with Crippen molar-refractivity contribution in [2.45, 2.75) is 13.5 Å². The van der Waals surface area contributed by atoms with Crippen molar-refractivity contribution in [2.75, 3.05) is 12.4 Å². The van der Waals surface area contributed by atoms with E-state index < -0.39 is 4.92 Å². The minimum absolute atomic E-state index is 0.0206. The third kappa shape index (κ3) is 3.40. The van der Waals surface area contributed by atoms with Gasteiger partial charge in [-0.25, -0.2) is 4.79 Å². The zero-order valence-corrected chi connectivity index (χ0v) is 12.6. The van der Waals surface area contributed by atoms with Gasteiger partial charge < -0.3 is 10.2 Å². The van der Waals surface area contributed by atoms with Gasteiger partial charge in [-0.3, -0.25) is 14.8 Å². The normalized spacial score (nSPS) is 10.3. The largest absolute Gasteiger partial charge is 0.323 e. The van der Waals surface area contributed by atoms with Crippen LogP contribution in [0.5, 0.6) is 0 Å². The van der Waals surface area contributed by atoms with Crippen LogP contribution >= 0.6 is 0 Å². The van der Waals surface area contributed by atoms with E-state index in [9.17, 15) is 14.9 Å². The lowest BCUT2D eigenvalue weighted by Crippen LogP contribution is -2.31. The fourth-order valence-electron chi connectivity index (χ4n) is 2.07. The van der Waals surface area contributed by atoms with Gasteiger partial charge >= 0.3 is 6.03 Å². The van der Waals surface area contributed by atoms with E-state index >= 15 is 0 Å². The Morgan fingerprint density at radius 1 is 1.50 bits per heavy atom. The summed E-state index contributed by atoms with van der Waals surface area (Å²) >= 11 is 0. The van der Waals surface area contributed by atoms with Gasteiger partial charge in [-0.15, -0.1) is 0 Å². The number of nitrogens with one attached hydrogen (secondary N) is 1. The molecule has 22 heavy (non-hydrogen) atoms.